The van der Waals surface area contributed by atoms with Crippen LogP contribution in [0.4, 0.5) is 0 Å². The van der Waals surface area contributed by atoms with Gasteiger partial charge in [-0.1, -0.05) is 46.0 Å². The van der Waals surface area contributed by atoms with Crippen LogP contribution in [0.15, 0.2) is 0 Å². The first-order chi connectivity index (χ1) is 8.20. The second kappa shape index (κ2) is 8.10. The van der Waals surface area contributed by atoms with Gasteiger partial charge in [-0.3, -0.25) is 0 Å². The zero-order valence-electron chi connectivity index (χ0n) is 11.9. The van der Waals surface area contributed by atoms with Gasteiger partial charge in [0.25, 0.3) is 0 Å². The van der Waals surface area contributed by atoms with Crippen LogP contribution in [0, 0.1) is 5.92 Å². The molecule has 0 heterocycles. The first-order valence-corrected chi connectivity index (χ1v) is 7.70. The van der Waals surface area contributed by atoms with Gasteiger partial charge in [0.2, 0.25) is 0 Å². The van der Waals surface area contributed by atoms with Crippen molar-refractivity contribution in [3.8, 4) is 0 Å². The van der Waals surface area contributed by atoms with Gasteiger partial charge < -0.3 is 11.1 Å². The fourth-order valence-corrected chi connectivity index (χ4v) is 2.92. The van der Waals surface area contributed by atoms with E-state index in [-0.39, 0.29) is 5.54 Å². The molecular formula is C15H32N2. The zero-order chi connectivity index (χ0) is 12.6. The van der Waals surface area contributed by atoms with E-state index in [0.29, 0.717) is 0 Å². The number of unbranched alkanes of at least 4 members (excludes halogenated alkanes) is 1. The molecule has 1 aliphatic rings. The van der Waals surface area contributed by atoms with Gasteiger partial charge in [-0.05, 0) is 44.7 Å². The van der Waals surface area contributed by atoms with Crippen molar-refractivity contribution in [3.63, 3.8) is 0 Å². The lowest BCUT2D eigenvalue weighted by atomic mass is 9.94. The van der Waals surface area contributed by atoms with Crippen LogP contribution in [0.1, 0.15) is 71.6 Å². The molecule has 0 bridgehead atoms. The Balaban J connectivity index is 2.05. The number of hydrogen-bond acceptors (Lipinski definition) is 2. The predicted molar refractivity (Wildman–Crippen MR) is 76.2 cm³/mol. The van der Waals surface area contributed by atoms with E-state index in [2.05, 4.69) is 19.2 Å². The molecule has 2 heteroatoms. The molecule has 0 spiro atoms. The summed E-state index contributed by atoms with van der Waals surface area (Å²) in [6.07, 6.45) is 11.7. The molecule has 17 heavy (non-hydrogen) atoms. The summed E-state index contributed by atoms with van der Waals surface area (Å²) in [7, 11) is 0. The smallest absolute Gasteiger partial charge is 0.0166 e. The fourth-order valence-electron chi connectivity index (χ4n) is 2.92. The number of nitrogens with two attached hydrogens (primary N) is 1. The molecule has 1 saturated carbocycles. The van der Waals surface area contributed by atoms with Gasteiger partial charge in [0.1, 0.15) is 0 Å². The minimum absolute atomic E-state index is 0.165. The molecule has 0 saturated heterocycles. The topological polar surface area (TPSA) is 38.0 Å². The third-order valence-electron chi connectivity index (χ3n) is 4.38. The molecule has 0 aromatic rings. The lowest BCUT2D eigenvalue weighted by Crippen LogP contribution is -2.40. The Kier molecular flexibility index (Phi) is 7.14. The quantitative estimate of drug-likeness (QED) is 0.606. The van der Waals surface area contributed by atoms with E-state index in [1.807, 2.05) is 0 Å². The fraction of sp³-hybridized carbons (Fsp3) is 1.00. The van der Waals surface area contributed by atoms with E-state index in [1.54, 1.807) is 0 Å². The maximum atomic E-state index is 6.35. The minimum atomic E-state index is 0.165. The van der Waals surface area contributed by atoms with E-state index >= 15 is 0 Å². The molecule has 3 N–H and O–H groups in total. The monoisotopic (exact) mass is 240 g/mol. The van der Waals surface area contributed by atoms with Crippen molar-refractivity contribution in [1.29, 1.82) is 0 Å². The molecule has 0 amide bonds. The zero-order valence-corrected chi connectivity index (χ0v) is 11.9. The van der Waals surface area contributed by atoms with Crippen molar-refractivity contribution in [2.45, 2.75) is 77.2 Å². The summed E-state index contributed by atoms with van der Waals surface area (Å²) in [5.74, 6) is 0.868. The van der Waals surface area contributed by atoms with E-state index in [4.69, 9.17) is 5.73 Å². The molecule has 1 aliphatic carbocycles. The van der Waals surface area contributed by atoms with Gasteiger partial charge in [0.15, 0.2) is 0 Å². The number of nitrogens with one attached hydrogen (secondary N) is 1. The van der Waals surface area contributed by atoms with Crippen molar-refractivity contribution in [3.05, 3.63) is 0 Å². The molecule has 1 unspecified atom stereocenters. The standard InChI is InChI=1S/C15H32N2/c1-3-5-8-14(4-2)13-17-12-11-15(16)9-6-7-10-15/h14,17H,3-13,16H2,1-2H3. The maximum Gasteiger partial charge on any atom is 0.0166 e. The van der Waals surface area contributed by atoms with Crippen LogP contribution in [0.3, 0.4) is 0 Å². The first-order valence-electron chi connectivity index (χ1n) is 7.70. The number of hydrogen-bond donors (Lipinski definition) is 2. The van der Waals surface area contributed by atoms with Crippen LogP contribution >= 0.6 is 0 Å². The Morgan fingerprint density at radius 2 is 1.94 bits per heavy atom. The molecule has 102 valence electrons. The van der Waals surface area contributed by atoms with Crippen LogP contribution < -0.4 is 11.1 Å². The number of rotatable bonds is 9. The second-order valence-corrected chi connectivity index (χ2v) is 5.94. The van der Waals surface area contributed by atoms with Gasteiger partial charge in [-0.25, -0.2) is 0 Å². The van der Waals surface area contributed by atoms with Gasteiger partial charge in [-0.15, -0.1) is 0 Å². The van der Waals surface area contributed by atoms with Gasteiger partial charge >= 0.3 is 0 Å². The third kappa shape index (κ3) is 5.87. The third-order valence-corrected chi connectivity index (χ3v) is 4.38. The minimum Gasteiger partial charge on any atom is -0.325 e. The van der Waals surface area contributed by atoms with Crippen LogP contribution in [0.2, 0.25) is 0 Å². The first kappa shape index (κ1) is 15.0. The van der Waals surface area contributed by atoms with E-state index in [9.17, 15) is 0 Å². The highest BCUT2D eigenvalue weighted by molar-refractivity contribution is 4.89. The average molecular weight is 240 g/mol. The van der Waals surface area contributed by atoms with E-state index < -0.39 is 0 Å². The normalized spacial score (nSPS) is 20.6. The Labute approximate surface area is 108 Å². The molecule has 0 aromatic heterocycles. The van der Waals surface area contributed by atoms with Crippen LogP contribution in [0.25, 0.3) is 0 Å². The Hall–Kier alpha value is -0.0800. The summed E-state index contributed by atoms with van der Waals surface area (Å²) in [4.78, 5) is 0. The van der Waals surface area contributed by atoms with Gasteiger partial charge in [0, 0.05) is 5.54 Å². The van der Waals surface area contributed by atoms with Crippen molar-refractivity contribution < 1.29 is 0 Å². The molecule has 1 atom stereocenters. The van der Waals surface area contributed by atoms with Crippen LogP contribution in [0.5, 0.6) is 0 Å². The summed E-state index contributed by atoms with van der Waals surface area (Å²) in [6, 6.07) is 0. The molecule has 0 aliphatic heterocycles. The largest absolute Gasteiger partial charge is 0.325 e. The van der Waals surface area contributed by atoms with Crippen molar-refractivity contribution in [1.82, 2.24) is 5.32 Å². The second-order valence-electron chi connectivity index (χ2n) is 5.94. The molecular weight excluding hydrogens is 208 g/mol. The van der Waals surface area contributed by atoms with E-state index in [0.717, 1.165) is 18.9 Å². The van der Waals surface area contributed by atoms with Crippen LogP contribution in [-0.4, -0.2) is 18.6 Å². The lowest BCUT2D eigenvalue weighted by molar-refractivity contribution is 0.369. The molecule has 0 aromatic carbocycles. The predicted octanol–water partition coefficient (Wildman–Crippen LogP) is 3.45. The Bertz CT molecular complexity index is 185. The molecule has 1 rings (SSSR count). The molecule has 1 fully saturated rings. The van der Waals surface area contributed by atoms with Crippen molar-refractivity contribution >= 4 is 0 Å². The summed E-state index contributed by atoms with van der Waals surface area (Å²) >= 11 is 0. The highest BCUT2D eigenvalue weighted by atomic mass is 14.9. The summed E-state index contributed by atoms with van der Waals surface area (Å²) < 4.78 is 0. The van der Waals surface area contributed by atoms with Gasteiger partial charge in [-0.2, -0.15) is 0 Å². The van der Waals surface area contributed by atoms with Crippen LogP contribution in [-0.2, 0) is 0 Å². The van der Waals surface area contributed by atoms with Gasteiger partial charge in [0.05, 0.1) is 0 Å². The van der Waals surface area contributed by atoms with Crippen molar-refractivity contribution in [2.24, 2.45) is 11.7 Å². The average Bonchev–Trinajstić information content (AvgIpc) is 2.76. The molecule has 2 nitrogen and oxygen atoms in total. The Morgan fingerprint density at radius 3 is 2.53 bits per heavy atom. The lowest BCUT2D eigenvalue weighted by Gasteiger charge is -2.24. The maximum absolute atomic E-state index is 6.35. The summed E-state index contributed by atoms with van der Waals surface area (Å²) in [6.45, 7) is 6.88. The summed E-state index contributed by atoms with van der Waals surface area (Å²) in [5.41, 5.74) is 6.51. The SMILES string of the molecule is CCCCC(CC)CNCCC1(N)CCCC1. The van der Waals surface area contributed by atoms with Crippen molar-refractivity contribution in [2.75, 3.05) is 13.1 Å². The highest BCUT2D eigenvalue weighted by Crippen LogP contribution is 2.29. The highest BCUT2D eigenvalue weighted by Gasteiger charge is 2.28. The Morgan fingerprint density at radius 1 is 1.24 bits per heavy atom. The van der Waals surface area contributed by atoms with E-state index in [1.165, 1.54) is 57.9 Å². The molecule has 0 radical (unpaired) electrons. The summed E-state index contributed by atoms with van der Waals surface area (Å²) in [5, 5.41) is 3.62.